The van der Waals surface area contributed by atoms with E-state index in [9.17, 15) is 10.2 Å². The molecule has 0 aromatic rings. The summed E-state index contributed by atoms with van der Waals surface area (Å²) in [5, 5.41) is 30.9. The highest BCUT2D eigenvalue weighted by molar-refractivity contribution is 9.10. The smallest absolute Gasteiger partial charge is 0.204 e. The van der Waals surface area contributed by atoms with Crippen LogP contribution in [0.2, 0.25) is 0 Å². The number of nitrogens with zero attached hydrogens (tertiary/aromatic N) is 3. The predicted molar refractivity (Wildman–Crippen MR) is 49.4 cm³/mol. The molecule has 0 aromatic heterocycles. The van der Waals surface area contributed by atoms with Crippen molar-refractivity contribution in [2.45, 2.75) is 29.4 Å². The molecule has 1 saturated heterocycles. The fraction of sp³-hybridized carbons (Fsp3) is 1.00. The third-order valence-electron chi connectivity index (χ3n) is 1.94. The third kappa shape index (κ3) is 2.35. The predicted octanol–water partition coefficient (Wildman–Crippen LogP) is -0.152. The van der Waals surface area contributed by atoms with Crippen molar-refractivity contribution in [3.05, 3.63) is 10.4 Å². The Hall–Kier alpha value is -0.370. The quantitative estimate of drug-likeness (QED) is 0.212. The highest BCUT2D eigenvalue weighted by Crippen LogP contribution is 2.35. The Morgan fingerprint density at radius 2 is 2.29 bits per heavy atom. The van der Waals surface area contributed by atoms with Crippen LogP contribution in [0, 0.1) is 0 Å². The number of aliphatic hydroxyl groups excluding tert-OH is 3. The van der Waals surface area contributed by atoms with Gasteiger partial charge >= 0.3 is 0 Å². The molecular weight excluding hydrogens is 258 g/mol. The number of azide groups is 1. The van der Waals surface area contributed by atoms with Gasteiger partial charge in [-0.15, -0.1) is 0 Å². The highest BCUT2D eigenvalue weighted by Gasteiger charge is 2.44. The normalized spacial score (nSPS) is 43.0. The van der Waals surface area contributed by atoms with Gasteiger partial charge in [0.1, 0.15) is 12.2 Å². The molecule has 80 valence electrons. The Morgan fingerprint density at radius 1 is 1.64 bits per heavy atom. The van der Waals surface area contributed by atoms with Crippen LogP contribution in [0.3, 0.4) is 0 Å². The van der Waals surface area contributed by atoms with Gasteiger partial charge in [0.25, 0.3) is 0 Å². The fourth-order valence-corrected chi connectivity index (χ4v) is 1.90. The first-order chi connectivity index (χ1) is 6.52. The fourth-order valence-electron chi connectivity index (χ4n) is 1.25. The number of hydrogen-bond acceptors (Lipinski definition) is 5. The number of ether oxygens (including phenoxy) is 1. The lowest BCUT2D eigenvalue weighted by Crippen LogP contribution is -2.52. The van der Waals surface area contributed by atoms with E-state index in [4.69, 9.17) is 15.4 Å². The maximum Gasteiger partial charge on any atom is 0.204 e. The summed E-state index contributed by atoms with van der Waals surface area (Å²) in [6.07, 6.45) is -3.33. The molecule has 0 bridgehead atoms. The molecule has 1 aliphatic rings. The molecule has 0 radical (unpaired) electrons. The molecule has 14 heavy (non-hydrogen) atoms. The summed E-state index contributed by atoms with van der Waals surface area (Å²) in [6.45, 7) is -0.466. The molecule has 1 fully saturated rings. The van der Waals surface area contributed by atoms with Gasteiger partial charge in [0.2, 0.25) is 4.63 Å². The number of rotatable bonds is 2. The number of aliphatic hydroxyl groups is 3. The highest BCUT2D eigenvalue weighted by atomic mass is 79.9. The summed E-state index contributed by atoms with van der Waals surface area (Å²) < 4.78 is 3.69. The van der Waals surface area contributed by atoms with Crippen molar-refractivity contribution in [1.82, 2.24) is 0 Å². The first-order valence-corrected chi connectivity index (χ1v) is 4.71. The Morgan fingerprint density at radius 3 is 2.79 bits per heavy atom. The molecule has 1 aliphatic heterocycles. The van der Waals surface area contributed by atoms with Crippen LogP contribution in [0.25, 0.3) is 10.4 Å². The molecule has 0 aliphatic carbocycles. The van der Waals surface area contributed by atoms with E-state index in [1.807, 2.05) is 0 Å². The lowest BCUT2D eigenvalue weighted by Gasteiger charge is -2.39. The molecule has 0 saturated carbocycles. The van der Waals surface area contributed by atoms with Gasteiger partial charge in [-0.1, -0.05) is 0 Å². The maximum absolute atomic E-state index is 9.39. The van der Waals surface area contributed by atoms with Crippen LogP contribution in [0.5, 0.6) is 0 Å². The van der Waals surface area contributed by atoms with Crippen LogP contribution in [-0.2, 0) is 4.74 Å². The van der Waals surface area contributed by atoms with Gasteiger partial charge in [0.05, 0.1) is 12.7 Å². The second-order valence-corrected chi connectivity index (χ2v) is 4.22. The number of hydrogen-bond donors (Lipinski definition) is 3. The van der Waals surface area contributed by atoms with Crippen LogP contribution >= 0.6 is 15.9 Å². The van der Waals surface area contributed by atoms with Crippen LogP contribution in [0.4, 0.5) is 0 Å². The first-order valence-electron chi connectivity index (χ1n) is 3.92. The lowest BCUT2D eigenvalue weighted by atomic mass is 10.0. The topological polar surface area (TPSA) is 119 Å². The summed E-state index contributed by atoms with van der Waals surface area (Å²) in [5.41, 5.74) is 8.24. The maximum atomic E-state index is 9.39. The van der Waals surface area contributed by atoms with Gasteiger partial charge in [-0.05, 0) is 26.6 Å². The minimum atomic E-state index is -1.40. The summed E-state index contributed by atoms with van der Waals surface area (Å²) >= 11 is 2.98. The summed E-state index contributed by atoms with van der Waals surface area (Å²) in [4.78, 5) is 2.54. The van der Waals surface area contributed by atoms with Crippen molar-refractivity contribution < 1.29 is 20.1 Å². The molecule has 0 amide bonds. The van der Waals surface area contributed by atoms with E-state index < -0.39 is 29.6 Å². The van der Waals surface area contributed by atoms with Gasteiger partial charge < -0.3 is 20.1 Å². The zero-order valence-corrected chi connectivity index (χ0v) is 8.70. The summed E-state index contributed by atoms with van der Waals surface area (Å²) in [5.74, 6) is 0. The Labute approximate surface area is 88.1 Å². The average Bonchev–Trinajstić information content (AvgIpc) is 2.12. The number of alkyl halides is 1. The molecule has 0 aromatic carbocycles. The van der Waals surface area contributed by atoms with Gasteiger partial charge in [0, 0.05) is 11.3 Å². The van der Waals surface area contributed by atoms with Crippen LogP contribution < -0.4 is 0 Å². The molecular formula is C6H10BrN3O4. The molecule has 0 unspecified atom stereocenters. The van der Waals surface area contributed by atoms with Gasteiger partial charge in [-0.3, -0.25) is 0 Å². The van der Waals surface area contributed by atoms with E-state index in [2.05, 4.69) is 26.0 Å². The third-order valence-corrected chi connectivity index (χ3v) is 2.61. The van der Waals surface area contributed by atoms with E-state index in [0.717, 1.165) is 0 Å². The molecule has 4 atom stereocenters. The average molecular weight is 268 g/mol. The largest absolute Gasteiger partial charge is 0.394 e. The van der Waals surface area contributed by atoms with Gasteiger partial charge in [-0.2, -0.15) is 0 Å². The molecule has 7 nitrogen and oxygen atoms in total. The molecule has 0 spiro atoms. The van der Waals surface area contributed by atoms with Crippen LogP contribution in [-0.4, -0.2) is 44.9 Å². The second-order valence-electron chi connectivity index (χ2n) is 2.98. The monoisotopic (exact) mass is 267 g/mol. The van der Waals surface area contributed by atoms with Crippen molar-refractivity contribution in [2.75, 3.05) is 6.61 Å². The summed E-state index contributed by atoms with van der Waals surface area (Å²) in [6, 6.07) is 0. The Kier molecular flexibility index (Phi) is 3.71. The molecule has 8 heteroatoms. The minimum absolute atomic E-state index is 0.0747. The van der Waals surface area contributed by atoms with Gasteiger partial charge in [0.15, 0.2) is 0 Å². The van der Waals surface area contributed by atoms with Crippen molar-refractivity contribution in [1.29, 1.82) is 0 Å². The first kappa shape index (κ1) is 11.7. The van der Waals surface area contributed by atoms with E-state index in [0.29, 0.717) is 0 Å². The van der Waals surface area contributed by atoms with Crippen molar-refractivity contribution in [3.8, 4) is 0 Å². The second kappa shape index (κ2) is 4.43. The standard InChI is InChI=1S/C6H10BrN3O4/c7-6(9-10-8)1-3(12)5(13)4(2-11)14-6/h3-5,11-13H,1-2H2/t3-,4-,5+,6+/m1/s1. The van der Waals surface area contributed by atoms with E-state index in [-0.39, 0.29) is 6.42 Å². The summed E-state index contributed by atoms with van der Waals surface area (Å²) in [7, 11) is 0. The van der Waals surface area contributed by atoms with E-state index in [1.165, 1.54) is 0 Å². The zero-order valence-electron chi connectivity index (χ0n) is 7.12. The van der Waals surface area contributed by atoms with E-state index in [1.54, 1.807) is 0 Å². The number of halogens is 1. The van der Waals surface area contributed by atoms with Crippen LogP contribution in [0.15, 0.2) is 5.11 Å². The molecule has 3 N–H and O–H groups in total. The Balaban J connectivity index is 2.81. The zero-order chi connectivity index (χ0) is 10.8. The lowest BCUT2D eigenvalue weighted by molar-refractivity contribution is -0.187. The van der Waals surface area contributed by atoms with Gasteiger partial charge in [-0.25, -0.2) is 0 Å². The SMILES string of the molecule is [N-]=[N+]=N[C@@]1(Br)C[C@@H](O)[C@H](O)[C@@H](CO)O1. The molecule has 1 heterocycles. The Bertz CT molecular complexity index is 259. The van der Waals surface area contributed by atoms with Crippen molar-refractivity contribution in [3.63, 3.8) is 0 Å². The van der Waals surface area contributed by atoms with Crippen LogP contribution in [0.1, 0.15) is 6.42 Å². The minimum Gasteiger partial charge on any atom is -0.394 e. The molecule has 1 rings (SSSR count). The van der Waals surface area contributed by atoms with E-state index >= 15 is 0 Å². The van der Waals surface area contributed by atoms with Crippen molar-refractivity contribution in [2.24, 2.45) is 5.11 Å². The van der Waals surface area contributed by atoms with Crippen molar-refractivity contribution >= 4 is 15.9 Å².